The van der Waals surface area contributed by atoms with E-state index in [4.69, 9.17) is 14.5 Å². The number of nitrogens with zero attached hydrogens (tertiary/aromatic N) is 1. The maximum absolute atomic E-state index is 5.47. The molecule has 0 saturated heterocycles. The minimum Gasteiger partial charge on any atom is -0.497 e. The first-order valence-corrected chi connectivity index (χ1v) is 7.03. The molecule has 0 fully saturated rings. The summed E-state index contributed by atoms with van der Waals surface area (Å²) in [4.78, 5) is 4.73. The second kappa shape index (κ2) is 6.46. The van der Waals surface area contributed by atoms with Gasteiger partial charge in [0.05, 0.1) is 14.2 Å². The number of nitrogens with one attached hydrogen (secondary N) is 1. The Bertz CT molecular complexity index is 597. The molecule has 1 aromatic carbocycles. The summed E-state index contributed by atoms with van der Waals surface area (Å²) in [5.74, 6) is 1.52. The number of methoxy groups -OCH3 is 2. The molecule has 0 aliphatic heterocycles. The fourth-order valence-electron chi connectivity index (χ4n) is 2.32. The number of hydrogen-bond donors (Lipinski definition) is 1. The third-order valence-corrected chi connectivity index (χ3v) is 3.23. The van der Waals surface area contributed by atoms with Crippen molar-refractivity contribution in [1.82, 2.24) is 4.98 Å². The van der Waals surface area contributed by atoms with Crippen molar-refractivity contribution in [3.05, 3.63) is 23.9 Å². The summed E-state index contributed by atoms with van der Waals surface area (Å²) in [6, 6.07) is 5.99. The van der Waals surface area contributed by atoms with Crippen LogP contribution in [0.15, 0.2) is 18.2 Å². The van der Waals surface area contributed by atoms with Gasteiger partial charge in [0.15, 0.2) is 0 Å². The van der Waals surface area contributed by atoms with E-state index in [2.05, 4.69) is 25.2 Å². The maximum Gasteiger partial charge on any atom is 0.148 e. The molecule has 4 nitrogen and oxygen atoms in total. The van der Waals surface area contributed by atoms with Crippen molar-refractivity contribution in [1.29, 1.82) is 0 Å². The van der Waals surface area contributed by atoms with Crippen LogP contribution in [-0.4, -0.2) is 25.7 Å². The van der Waals surface area contributed by atoms with Gasteiger partial charge in [-0.1, -0.05) is 13.3 Å². The lowest BCUT2D eigenvalue weighted by Crippen LogP contribution is -2.02. The Morgan fingerprint density at radius 1 is 1.10 bits per heavy atom. The first kappa shape index (κ1) is 14.4. The topological polar surface area (TPSA) is 43.4 Å². The van der Waals surface area contributed by atoms with E-state index in [9.17, 15) is 0 Å². The molecule has 0 atom stereocenters. The summed E-state index contributed by atoms with van der Waals surface area (Å²) < 4.78 is 10.8. The van der Waals surface area contributed by atoms with E-state index in [1.165, 1.54) is 0 Å². The number of aryl methyl sites for hydroxylation is 1. The van der Waals surface area contributed by atoms with E-state index in [-0.39, 0.29) is 0 Å². The summed E-state index contributed by atoms with van der Waals surface area (Å²) in [7, 11) is 3.32. The predicted octanol–water partition coefficient (Wildman–Crippen LogP) is 3.64. The fraction of sp³-hybridized carbons (Fsp3) is 0.438. The van der Waals surface area contributed by atoms with Crippen molar-refractivity contribution in [3.63, 3.8) is 0 Å². The molecule has 1 N–H and O–H groups in total. The Kier molecular flexibility index (Phi) is 4.66. The molecule has 2 rings (SSSR count). The summed E-state index contributed by atoms with van der Waals surface area (Å²) in [5.41, 5.74) is 3.05. The van der Waals surface area contributed by atoms with Crippen LogP contribution in [0.2, 0.25) is 0 Å². The zero-order chi connectivity index (χ0) is 14.5. The van der Waals surface area contributed by atoms with Crippen LogP contribution in [0.5, 0.6) is 11.5 Å². The van der Waals surface area contributed by atoms with E-state index < -0.39 is 0 Å². The van der Waals surface area contributed by atoms with Crippen molar-refractivity contribution >= 4 is 16.6 Å². The first-order chi connectivity index (χ1) is 9.73. The smallest absolute Gasteiger partial charge is 0.148 e. The second-order valence-corrected chi connectivity index (χ2v) is 4.67. The number of rotatable bonds is 6. The Morgan fingerprint density at radius 2 is 1.90 bits per heavy atom. The van der Waals surface area contributed by atoms with Crippen LogP contribution < -0.4 is 14.8 Å². The molecule has 0 aliphatic carbocycles. The summed E-state index contributed by atoms with van der Waals surface area (Å²) in [5, 5.41) is 4.43. The van der Waals surface area contributed by atoms with Gasteiger partial charge in [-0.2, -0.15) is 0 Å². The van der Waals surface area contributed by atoms with E-state index in [0.717, 1.165) is 53.2 Å². The van der Waals surface area contributed by atoms with Crippen molar-refractivity contribution in [2.45, 2.75) is 26.7 Å². The van der Waals surface area contributed by atoms with E-state index in [1.54, 1.807) is 14.2 Å². The summed E-state index contributed by atoms with van der Waals surface area (Å²) in [6.07, 6.45) is 2.03. The normalized spacial score (nSPS) is 10.6. The molecular weight excluding hydrogens is 252 g/mol. The zero-order valence-electron chi connectivity index (χ0n) is 12.6. The van der Waals surface area contributed by atoms with Gasteiger partial charge in [-0.3, -0.25) is 0 Å². The molecule has 1 aromatic heterocycles. The Balaban J connectivity index is 2.70. The summed E-state index contributed by atoms with van der Waals surface area (Å²) in [6.45, 7) is 5.11. The third-order valence-electron chi connectivity index (χ3n) is 3.23. The third kappa shape index (κ3) is 2.79. The zero-order valence-corrected chi connectivity index (χ0v) is 12.6. The number of anilines is 1. The van der Waals surface area contributed by atoms with Crippen LogP contribution in [0.25, 0.3) is 10.9 Å². The van der Waals surface area contributed by atoms with E-state index in [1.807, 2.05) is 12.1 Å². The Hall–Kier alpha value is -1.97. The van der Waals surface area contributed by atoms with Gasteiger partial charge in [-0.15, -0.1) is 0 Å². The quantitative estimate of drug-likeness (QED) is 0.873. The number of fused-ring (bicyclic) bond motifs is 1. The van der Waals surface area contributed by atoms with Gasteiger partial charge < -0.3 is 14.8 Å². The number of benzene rings is 1. The van der Waals surface area contributed by atoms with Crippen LogP contribution in [0, 0.1) is 0 Å². The van der Waals surface area contributed by atoms with Crippen LogP contribution in [0.4, 0.5) is 5.69 Å². The van der Waals surface area contributed by atoms with Gasteiger partial charge in [0.25, 0.3) is 0 Å². The molecule has 0 spiro atoms. The van der Waals surface area contributed by atoms with Crippen LogP contribution in [0.1, 0.15) is 26.0 Å². The molecule has 2 aromatic rings. The average Bonchev–Trinajstić information content (AvgIpc) is 2.47. The predicted molar refractivity (Wildman–Crippen MR) is 83.0 cm³/mol. The lowest BCUT2D eigenvalue weighted by Gasteiger charge is -2.14. The van der Waals surface area contributed by atoms with Crippen molar-refractivity contribution < 1.29 is 9.47 Å². The molecule has 4 heteroatoms. The first-order valence-electron chi connectivity index (χ1n) is 7.03. The monoisotopic (exact) mass is 274 g/mol. The minimum absolute atomic E-state index is 0.747. The SMILES string of the molecule is CCCc1cc(NCC)c2cc(OC)cc(OC)c2n1. The highest BCUT2D eigenvalue weighted by Gasteiger charge is 2.12. The molecule has 0 radical (unpaired) electrons. The highest BCUT2D eigenvalue weighted by molar-refractivity contribution is 5.96. The van der Waals surface area contributed by atoms with Crippen molar-refractivity contribution in [3.8, 4) is 11.5 Å². The highest BCUT2D eigenvalue weighted by Crippen LogP contribution is 2.34. The number of ether oxygens (including phenoxy) is 2. The van der Waals surface area contributed by atoms with Crippen molar-refractivity contribution in [2.75, 3.05) is 26.1 Å². The molecule has 1 heterocycles. The lowest BCUT2D eigenvalue weighted by atomic mass is 10.1. The standard InChI is InChI=1S/C16H22N2O2/c1-5-7-11-8-14(17-6-2)13-9-12(19-3)10-15(20-4)16(13)18-11/h8-10H,5-7H2,1-4H3,(H,17,18). The van der Waals surface area contributed by atoms with Crippen LogP contribution >= 0.6 is 0 Å². The molecule has 0 aliphatic rings. The Labute approximate surface area is 120 Å². The number of aromatic nitrogens is 1. The van der Waals surface area contributed by atoms with Crippen molar-refractivity contribution in [2.24, 2.45) is 0 Å². The molecular formula is C16H22N2O2. The van der Waals surface area contributed by atoms with Gasteiger partial charge in [0.2, 0.25) is 0 Å². The van der Waals surface area contributed by atoms with Gasteiger partial charge in [-0.25, -0.2) is 4.98 Å². The Morgan fingerprint density at radius 3 is 2.50 bits per heavy atom. The van der Waals surface area contributed by atoms with Crippen LogP contribution in [-0.2, 0) is 6.42 Å². The number of pyridine rings is 1. The molecule has 0 saturated carbocycles. The number of hydrogen-bond acceptors (Lipinski definition) is 4. The fourth-order valence-corrected chi connectivity index (χ4v) is 2.32. The molecule has 0 bridgehead atoms. The second-order valence-electron chi connectivity index (χ2n) is 4.67. The van der Waals surface area contributed by atoms with E-state index in [0.29, 0.717) is 0 Å². The molecule has 20 heavy (non-hydrogen) atoms. The van der Waals surface area contributed by atoms with Gasteiger partial charge in [0.1, 0.15) is 17.0 Å². The lowest BCUT2D eigenvalue weighted by molar-refractivity contribution is 0.397. The van der Waals surface area contributed by atoms with Crippen LogP contribution in [0.3, 0.4) is 0 Å². The average molecular weight is 274 g/mol. The minimum atomic E-state index is 0.747. The van der Waals surface area contributed by atoms with Gasteiger partial charge in [-0.05, 0) is 25.5 Å². The molecule has 0 unspecified atom stereocenters. The van der Waals surface area contributed by atoms with E-state index >= 15 is 0 Å². The van der Waals surface area contributed by atoms with Gasteiger partial charge in [0, 0.05) is 29.4 Å². The van der Waals surface area contributed by atoms with Gasteiger partial charge >= 0.3 is 0 Å². The summed E-state index contributed by atoms with van der Waals surface area (Å²) >= 11 is 0. The molecule has 108 valence electrons. The highest BCUT2D eigenvalue weighted by atomic mass is 16.5. The molecule has 0 amide bonds. The largest absolute Gasteiger partial charge is 0.497 e. The maximum atomic E-state index is 5.47.